The highest BCUT2D eigenvalue weighted by molar-refractivity contribution is 6.13. The number of hydrogen-bond acceptors (Lipinski definition) is 6. The first kappa shape index (κ1) is 17.1. The van der Waals surface area contributed by atoms with Crippen molar-refractivity contribution in [3.63, 3.8) is 0 Å². The molecular formula is C19H23N5O. The summed E-state index contributed by atoms with van der Waals surface area (Å²) in [6.45, 7) is 2.44. The van der Waals surface area contributed by atoms with Crippen molar-refractivity contribution in [2.24, 2.45) is 21.6 Å². The topological polar surface area (TPSA) is 84.0 Å². The van der Waals surface area contributed by atoms with Crippen LogP contribution in [-0.4, -0.2) is 31.3 Å². The van der Waals surface area contributed by atoms with E-state index in [1.54, 1.807) is 7.11 Å². The maximum Gasteiger partial charge on any atom is 0.212 e. The molecule has 1 aliphatic heterocycles. The van der Waals surface area contributed by atoms with E-state index in [1.165, 1.54) is 0 Å². The van der Waals surface area contributed by atoms with Gasteiger partial charge in [0.25, 0.3) is 0 Å². The van der Waals surface area contributed by atoms with E-state index in [-0.39, 0.29) is 5.92 Å². The van der Waals surface area contributed by atoms with Crippen LogP contribution in [0.3, 0.4) is 0 Å². The van der Waals surface area contributed by atoms with Gasteiger partial charge in [-0.3, -0.25) is 5.73 Å². The van der Waals surface area contributed by atoms with E-state index >= 15 is 0 Å². The maximum atomic E-state index is 6.53. The summed E-state index contributed by atoms with van der Waals surface area (Å²) in [7, 11) is 1.65. The second kappa shape index (κ2) is 7.46. The van der Waals surface area contributed by atoms with Crippen LogP contribution in [0.1, 0.15) is 12.5 Å². The largest absolute Gasteiger partial charge is 0.384 e. The smallest absolute Gasteiger partial charge is 0.212 e. The number of amidine groups is 1. The SMILES string of the molecule is COCC(C)C1(N)N=C(Nc2ccccc2)NC(c2ccccc2)=N1. The number of nitrogens with two attached hydrogens (primary N) is 1. The van der Waals surface area contributed by atoms with E-state index in [0.717, 1.165) is 11.3 Å². The van der Waals surface area contributed by atoms with Gasteiger partial charge >= 0.3 is 0 Å². The average molecular weight is 337 g/mol. The summed E-state index contributed by atoms with van der Waals surface area (Å²) in [5.74, 6) is 0.0414. The van der Waals surface area contributed by atoms with Gasteiger partial charge in [-0.05, 0) is 12.1 Å². The van der Waals surface area contributed by atoms with Crippen LogP contribution in [0.5, 0.6) is 0 Å². The molecule has 0 saturated carbocycles. The quantitative estimate of drug-likeness (QED) is 0.782. The lowest BCUT2D eigenvalue weighted by molar-refractivity contribution is 0.120. The maximum absolute atomic E-state index is 6.53. The third-order valence-corrected chi connectivity index (χ3v) is 4.04. The van der Waals surface area contributed by atoms with Gasteiger partial charge in [0.15, 0.2) is 0 Å². The van der Waals surface area contributed by atoms with E-state index in [1.807, 2.05) is 67.6 Å². The van der Waals surface area contributed by atoms with Crippen LogP contribution in [0, 0.1) is 5.92 Å². The summed E-state index contributed by atoms with van der Waals surface area (Å²) < 4.78 is 5.26. The van der Waals surface area contributed by atoms with E-state index in [0.29, 0.717) is 18.4 Å². The molecule has 1 heterocycles. The number of hydrogen-bond donors (Lipinski definition) is 3. The highest BCUT2D eigenvalue weighted by Crippen LogP contribution is 2.23. The molecule has 0 bridgehead atoms. The summed E-state index contributed by atoms with van der Waals surface area (Å²) in [6, 6.07) is 19.7. The Balaban J connectivity index is 1.94. The van der Waals surface area contributed by atoms with E-state index < -0.39 is 5.79 Å². The van der Waals surface area contributed by atoms with Crippen molar-refractivity contribution in [3.05, 3.63) is 66.2 Å². The van der Waals surface area contributed by atoms with Gasteiger partial charge in [0.1, 0.15) is 5.84 Å². The number of methoxy groups -OCH3 is 1. The van der Waals surface area contributed by atoms with E-state index in [2.05, 4.69) is 20.6 Å². The predicted octanol–water partition coefficient (Wildman–Crippen LogP) is 2.40. The number of nitrogens with zero attached hydrogens (tertiary/aromatic N) is 2. The minimum atomic E-state index is -1.11. The number of aliphatic imine (C=N–C) groups is 2. The minimum Gasteiger partial charge on any atom is -0.384 e. The minimum absolute atomic E-state index is 0.0918. The van der Waals surface area contributed by atoms with Gasteiger partial charge in [-0.1, -0.05) is 55.5 Å². The van der Waals surface area contributed by atoms with Gasteiger partial charge in [-0.25, -0.2) is 9.98 Å². The number of para-hydroxylation sites is 1. The van der Waals surface area contributed by atoms with Crippen molar-refractivity contribution in [1.29, 1.82) is 0 Å². The fraction of sp³-hybridized carbons (Fsp3) is 0.263. The standard InChI is InChI=1S/C19H23N5O/c1-14(13-25-2)19(20)23-17(15-9-5-3-6-10-15)22-18(24-19)21-16-11-7-4-8-12-16/h3-12,14H,13,20H2,1-2H3,(H2,21,22,23,24). The molecule has 2 aromatic rings. The number of nitrogens with one attached hydrogen (secondary N) is 2. The molecule has 2 unspecified atom stereocenters. The van der Waals surface area contributed by atoms with Crippen LogP contribution in [-0.2, 0) is 4.74 Å². The number of anilines is 1. The van der Waals surface area contributed by atoms with Crippen LogP contribution in [0.2, 0.25) is 0 Å². The van der Waals surface area contributed by atoms with Crippen LogP contribution in [0.25, 0.3) is 0 Å². The Hall–Kier alpha value is -2.70. The fourth-order valence-corrected chi connectivity index (χ4v) is 2.59. The molecule has 0 aromatic heterocycles. The molecule has 3 rings (SSSR count). The zero-order valence-corrected chi connectivity index (χ0v) is 14.4. The highest BCUT2D eigenvalue weighted by atomic mass is 16.5. The van der Waals surface area contributed by atoms with Crippen molar-refractivity contribution in [3.8, 4) is 0 Å². The second-order valence-corrected chi connectivity index (χ2v) is 6.04. The molecule has 2 aromatic carbocycles. The van der Waals surface area contributed by atoms with Gasteiger partial charge in [0.05, 0.1) is 6.61 Å². The van der Waals surface area contributed by atoms with Crippen molar-refractivity contribution >= 4 is 17.5 Å². The summed E-state index contributed by atoms with van der Waals surface area (Å²) in [4.78, 5) is 9.28. The lowest BCUT2D eigenvalue weighted by Crippen LogP contribution is -2.53. The lowest BCUT2D eigenvalue weighted by Gasteiger charge is -2.33. The summed E-state index contributed by atoms with van der Waals surface area (Å²) in [5, 5.41) is 6.51. The molecule has 2 atom stereocenters. The molecule has 25 heavy (non-hydrogen) atoms. The Morgan fingerprint density at radius 2 is 1.72 bits per heavy atom. The summed E-state index contributed by atoms with van der Waals surface area (Å²) in [5.41, 5.74) is 8.39. The van der Waals surface area contributed by atoms with Gasteiger partial charge in [-0.15, -0.1) is 0 Å². The van der Waals surface area contributed by atoms with Gasteiger partial charge < -0.3 is 15.4 Å². The molecule has 0 spiro atoms. The van der Waals surface area contributed by atoms with Crippen LogP contribution < -0.4 is 16.4 Å². The van der Waals surface area contributed by atoms with Gasteiger partial charge in [0.2, 0.25) is 11.7 Å². The summed E-state index contributed by atoms with van der Waals surface area (Å²) in [6.07, 6.45) is 0. The molecule has 0 saturated heterocycles. The lowest BCUT2D eigenvalue weighted by atomic mass is 10.0. The second-order valence-electron chi connectivity index (χ2n) is 6.04. The van der Waals surface area contributed by atoms with Crippen molar-refractivity contribution in [2.45, 2.75) is 12.7 Å². The first-order valence-electron chi connectivity index (χ1n) is 8.23. The molecule has 0 radical (unpaired) electrons. The third-order valence-electron chi connectivity index (χ3n) is 4.04. The van der Waals surface area contributed by atoms with Gasteiger partial charge in [0, 0.05) is 24.3 Å². The number of guanidine groups is 1. The Labute approximate surface area is 147 Å². The number of benzene rings is 2. The summed E-state index contributed by atoms with van der Waals surface area (Å²) >= 11 is 0. The van der Waals surface area contributed by atoms with Crippen LogP contribution >= 0.6 is 0 Å². The van der Waals surface area contributed by atoms with E-state index in [9.17, 15) is 0 Å². The average Bonchev–Trinajstić information content (AvgIpc) is 2.63. The van der Waals surface area contributed by atoms with Crippen LogP contribution in [0.4, 0.5) is 5.69 Å². The molecular weight excluding hydrogens is 314 g/mol. The molecule has 6 nitrogen and oxygen atoms in total. The Bertz CT molecular complexity index is 760. The number of rotatable bonds is 5. The molecule has 1 aliphatic rings. The molecule has 130 valence electrons. The molecule has 0 aliphatic carbocycles. The Kier molecular flexibility index (Phi) is 5.11. The van der Waals surface area contributed by atoms with Crippen molar-refractivity contribution in [2.75, 3.05) is 19.0 Å². The molecule has 0 amide bonds. The highest BCUT2D eigenvalue weighted by Gasteiger charge is 2.35. The predicted molar refractivity (Wildman–Crippen MR) is 102 cm³/mol. The van der Waals surface area contributed by atoms with Crippen molar-refractivity contribution in [1.82, 2.24) is 5.32 Å². The normalized spacial score (nSPS) is 20.9. The Morgan fingerprint density at radius 1 is 1.08 bits per heavy atom. The molecule has 0 fully saturated rings. The number of ether oxygens (including phenoxy) is 1. The zero-order chi connectivity index (χ0) is 17.7. The molecule has 4 N–H and O–H groups in total. The third kappa shape index (κ3) is 4.04. The zero-order valence-electron chi connectivity index (χ0n) is 14.4. The molecule has 6 heteroatoms. The van der Waals surface area contributed by atoms with Crippen molar-refractivity contribution < 1.29 is 4.74 Å². The van der Waals surface area contributed by atoms with Gasteiger partial charge in [-0.2, -0.15) is 0 Å². The first-order chi connectivity index (χ1) is 12.1. The monoisotopic (exact) mass is 337 g/mol. The van der Waals surface area contributed by atoms with E-state index in [4.69, 9.17) is 10.5 Å². The fourth-order valence-electron chi connectivity index (χ4n) is 2.59. The Morgan fingerprint density at radius 3 is 2.36 bits per heavy atom. The first-order valence-corrected chi connectivity index (χ1v) is 8.23. The van der Waals surface area contributed by atoms with Crippen LogP contribution in [0.15, 0.2) is 70.6 Å².